The van der Waals surface area contributed by atoms with Gasteiger partial charge < -0.3 is 10.0 Å². The van der Waals surface area contributed by atoms with Crippen LogP contribution in [-0.4, -0.2) is 40.0 Å². The zero-order chi connectivity index (χ0) is 14.9. The fourth-order valence-corrected chi connectivity index (χ4v) is 2.94. The minimum atomic E-state index is -0.524. The van der Waals surface area contributed by atoms with Crippen molar-refractivity contribution in [3.8, 4) is 0 Å². The van der Waals surface area contributed by atoms with Gasteiger partial charge in [-0.15, -0.1) is 0 Å². The number of nitrogens with zero attached hydrogens (tertiary/aromatic N) is 2. The van der Waals surface area contributed by atoms with Crippen LogP contribution < -0.4 is 0 Å². The van der Waals surface area contributed by atoms with Gasteiger partial charge in [0.05, 0.1) is 16.6 Å². The molecule has 0 bridgehead atoms. The Balaban J connectivity index is 2.23. The van der Waals surface area contributed by atoms with E-state index in [2.05, 4.69) is 15.9 Å². The summed E-state index contributed by atoms with van der Waals surface area (Å²) in [7, 11) is 0. The molecule has 0 aromatic heterocycles. The first-order chi connectivity index (χ1) is 9.41. The van der Waals surface area contributed by atoms with Crippen LogP contribution in [-0.2, 0) is 0 Å². The average Bonchev–Trinajstić information content (AvgIpc) is 2.87. The molecule has 1 fully saturated rings. The van der Waals surface area contributed by atoms with Crippen molar-refractivity contribution < 1.29 is 14.8 Å². The van der Waals surface area contributed by atoms with E-state index < -0.39 is 11.0 Å². The average molecular weight is 343 g/mol. The maximum atomic E-state index is 12.4. The predicted molar refractivity (Wildman–Crippen MR) is 76.5 cm³/mol. The van der Waals surface area contributed by atoms with Gasteiger partial charge in [0.15, 0.2) is 0 Å². The fraction of sp³-hybridized carbons (Fsp3) is 0.462. The molecule has 1 aromatic rings. The van der Waals surface area contributed by atoms with E-state index >= 15 is 0 Å². The molecule has 1 aliphatic heterocycles. The summed E-state index contributed by atoms with van der Waals surface area (Å²) in [5.41, 5.74) is 0.160. The van der Waals surface area contributed by atoms with Crippen LogP contribution in [0.15, 0.2) is 22.7 Å². The smallest absolute Gasteiger partial charge is 0.284 e. The molecule has 1 N–H and O–H groups in total. The molecule has 1 saturated heterocycles. The van der Waals surface area contributed by atoms with Crippen LogP contribution in [0.4, 0.5) is 5.69 Å². The molecule has 7 heteroatoms. The van der Waals surface area contributed by atoms with Gasteiger partial charge >= 0.3 is 0 Å². The number of hydrogen-bond acceptors (Lipinski definition) is 4. The third-order valence-corrected chi connectivity index (χ3v) is 4.43. The molecule has 1 amide bonds. The number of rotatable bonds is 3. The van der Waals surface area contributed by atoms with E-state index in [4.69, 9.17) is 0 Å². The topological polar surface area (TPSA) is 83.7 Å². The van der Waals surface area contributed by atoms with Crippen molar-refractivity contribution in [3.63, 3.8) is 0 Å². The highest BCUT2D eigenvalue weighted by atomic mass is 79.9. The maximum absolute atomic E-state index is 12.4. The number of likely N-dealkylation sites (tertiary alicyclic amines) is 1. The molecule has 2 rings (SSSR count). The Labute approximate surface area is 124 Å². The van der Waals surface area contributed by atoms with Crippen LogP contribution >= 0.6 is 15.9 Å². The number of carbonyl (C=O) groups excluding carboxylic acids is 1. The summed E-state index contributed by atoms with van der Waals surface area (Å²) >= 11 is 3.14. The van der Waals surface area contributed by atoms with Crippen LogP contribution in [0.1, 0.15) is 23.7 Å². The Kier molecular flexibility index (Phi) is 4.39. The minimum absolute atomic E-state index is 0.0661. The Bertz CT molecular complexity index is 547. The van der Waals surface area contributed by atoms with Gasteiger partial charge in [0, 0.05) is 25.1 Å². The lowest BCUT2D eigenvalue weighted by molar-refractivity contribution is -0.385. The molecule has 0 radical (unpaired) electrons. The van der Waals surface area contributed by atoms with E-state index in [0.29, 0.717) is 13.1 Å². The van der Waals surface area contributed by atoms with Crippen LogP contribution in [0.25, 0.3) is 0 Å². The molecule has 0 saturated carbocycles. The van der Waals surface area contributed by atoms with Gasteiger partial charge in [-0.3, -0.25) is 14.9 Å². The van der Waals surface area contributed by atoms with E-state index in [1.54, 1.807) is 17.9 Å². The van der Waals surface area contributed by atoms with E-state index in [1.807, 2.05) is 0 Å². The first kappa shape index (κ1) is 14.9. The molecule has 1 aliphatic rings. The first-order valence-corrected chi connectivity index (χ1v) is 7.11. The molecule has 0 spiro atoms. The second-order valence-corrected chi connectivity index (χ2v) is 5.73. The van der Waals surface area contributed by atoms with Crippen LogP contribution in [0.2, 0.25) is 0 Å². The van der Waals surface area contributed by atoms with Crippen molar-refractivity contribution in [2.45, 2.75) is 19.4 Å². The molecule has 6 nitrogen and oxygen atoms in total. The van der Waals surface area contributed by atoms with Crippen molar-refractivity contribution in [2.24, 2.45) is 5.92 Å². The number of benzene rings is 1. The van der Waals surface area contributed by atoms with Gasteiger partial charge in [-0.1, -0.05) is 6.07 Å². The van der Waals surface area contributed by atoms with E-state index in [1.165, 1.54) is 12.1 Å². The Morgan fingerprint density at radius 3 is 2.85 bits per heavy atom. The van der Waals surface area contributed by atoms with Gasteiger partial charge in [0.25, 0.3) is 11.6 Å². The number of nitro benzene ring substituents is 1. The van der Waals surface area contributed by atoms with Crippen LogP contribution in [0, 0.1) is 16.0 Å². The predicted octanol–water partition coefficient (Wildman–Crippen LogP) is 2.20. The third kappa shape index (κ3) is 2.83. The molecule has 108 valence electrons. The molecule has 1 heterocycles. The summed E-state index contributed by atoms with van der Waals surface area (Å²) in [6.45, 7) is 2.75. The van der Waals surface area contributed by atoms with Crippen molar-refractivity contribution in [3.05, 3.63) is 38.3 Å². The molecule has 20 heavy (non-hydrogen) atoms. The highest BCUT2D eigenvalue weighted by Gasteiger charge is 2.31. The lowest BCUT2D eigenvalue weighted by atomic mass is 10.0. The highest BCUT2D eigenvalue weighted by molar-refractivity contribution is 9.10. The molecular formula is C13H15BrN2O4. The molecular weight excluding hydrogens is 328 g/mol. The summed E-state index contributed by atoms with van der Waals surface area (Å²) in [6, 6.07) is 4.41. The van der Waals surface area contributed by atoms with E-state index in [-0.39, 0.29) is 27.5 Å². The van der Waals surface area contributed by atoms with Crippen molar-refractivity contribution in [1.29, 1.82) is 0 Å². The summed E-state index contributed by atoms with van der Waals surface area (Å²) in [5.74, 6) is -0.180. The molecule has 0 aliphatic carbocycles. The number of halogens is 1. The highest BCUT2D eigenvalue weighted by Crippen LogP contribution is 2.30. The number of hydrogen-bond donors (Lipinski definition) is 1. The third-order valence-electron chi connectivity index (χ3n) is 3.60. The van der Waals surface area contributed by atoms with Crippen molar-refractivity contribution in [2.75, 3.05) is 13.1 Å². The number of nitro groups is 1. The lowest BCUT2D eigenvalue weighted by Gasteiger charge is -2.18. The molecule has 2 unspecified atom stereocenters. The van der Waals surface area contributed by atoms with Crippen LogP contribution in [0.3, 0.4) is 0 Å². The monoisotopic (exact) mass is 342 g/mol. The zero-order valence-electron chi connectivity index (χ0n) is 11.0. The summed E-state index contributed by atoms with van der Waals surface area (Å²) in [4.78, 5) is 24.4. The summed E-state index contributed by atoms with van der Waals surface area (Å²) in [5, 5.41) is 20.4. The Morgan fingerprint density at radius 1 is 1.60 bits per heavy atom. The van der Waals surface area contributed by atoms with E-state index in [0.717, 1.165) is 6.42 Å². The Morgan fingerprint density at radius 2 is 2.30 bits per heavy atom. The molecule has 2 atom stereocenters. The van der Waals surface area contributed by atoms with Crippen molar-refractivity contribution >= 4 is 27.5 Å². The normalized spacial score (nSPS) is 19.9. The van der Waals surface area contributed by atoms with Crippen molar-refractivity contribution in [1.82, 2.24) is 4.90 Å². The summed E-state index contributed by atoms with van der Waals surface area (Å²) < 4.78 is 0.204. The SMILES string of the molecule is CC(O)C1CCN(C(=O)c2cccc([N+](=O)[O-])c2Br)C1. The second-order valence-electron chi connectivity index (χ2n) is 4.94. The first-order valence-electron chi connectivity index (χ1n) is 6.32. The van der Waals surface area contributed by atoms with Gasteiger partial charge in [-0.05, 0) is 35.3 Å². The molecule has 1 aromatic carbocycles. The second kappa shape index (κ2) is 5.88. The van der Waals surface area contributed by atoms with Crippen LogP contribution in [0.5, 0.6) is 0 Å². The van der Waals surface area contributed by atoms with Gasteiger partial charge in [0.2, 0.25) is 0 Å². The number of carbonyl (C=O) groups is 1. The zero-order valence-corrected chi connectivity index (χ0v) is 12.5. The quantitative estimate of drug-likeness (QED) is 0.674. The fourth-order valence-electron chi connectivity index (χ4n) is 2.36. The maximum Gasteiger partial charge on any atom is 0.284 e. The Hall–Kier alpha value is -1.47. The van der Waals surface area contributed by atoms with Gasteiger partial charge in [0.1, 0.15) is 4.47 Å². The summed E-state index contributed by atoms with van der Waals surface area (Å²) in [6.07, 6.45) is 0.289. The minimum Gasteiger partial charge on any atom is -0.393 e. The van der Waals surface area contributed by atoms with Gasteiger partial charge in [-0.2, -0.15) is 0 Å². The standard InChI is InChI=1S/C13H15BrN2O4/c1-8(17)9-5-6-15(7-9)13(18)10-3-2-4-11(12(10)14)16(19)20/h2-4,8-9,17H,5-7H2,1H3. The number of amides is 1. The largest absolute Gasteiger partial charge is 0.393 e. The van der Waals surface area contributed by atoms with Gasteiger partial charge in [-0.25, -0.2) is 0 Å². The number of aliphatic hydroxyl groups excluding tert-OH is 1. The van der Waals surface area contributed by atoms with E-state index in [9.17, 15) is 20.0 Å². The number of aliphatic hydroxyl groups is 1. The lowest BCUT2D eigenvalue weighted by Crippen LogP contribution is -2.30.